The molecule has 144 valence electrons. The highest BCUT2D eigenvalue weighted by Crippen LogP contribution is 2.35. The molecule has 0 spiro atoms. The highest BCUT2D eigenvalue weighted by Gasteiger charge is 2.30. The van der Waals surface area contributed by atoms with E-state index in [4.69, 9.17) is 4.98 Å². The van der Waals surface area contributed by atoms with E-state index in [-0.39, 0.29) is 17.8 Å². The first-order valence-electron chi connectivity index (χ1n) is 9.67. The Morgan fingerprint density at radius 3 is 2.83 bits per heavy atom. The van der Waals surface area contributed by atoms with Crippen molar-refractivity contribution in [2.45, 2.75) is 25.8 Å². The molecule has 1 atom stereocenters. The van der Waals surface area contributed by atoms with Crippen molar-refractivity contribution < 1.29 is 9.18 Å². The molecule has 3 heterocycles. The van der Waals surface area contributed by atoms with Crippen LogP contribution in [-0.4, -0.2) is 16.9 Å². The second kappa shape index (κ2) is 7.08. The summed E-state index contributed by atoms with van der Waals surface area (Å²) in [4.78, 5) is 21.4. The number of fused-ring (bicyclic) bond motifs is 2. The van der Waals surface area contributed by atoms with Gasteiger partial charge in [0, 0.05) is 17.1 Å². The molecule has 1 aliphatic rings. The van der Waals surface area contributed by atoms with Gasteiger partial charge in [-0.3, -0.25) is 4.79 Å². The molecule has 0 N–H and O–H groups in total. The fourth-order valence-electron chi connectivity index (χ4n) is 4.06. The number of hydrogen-bond donors (Lipinski definition) is 0. The predicted molar refractivity (Wildman–Crippen MR) is 116 cm³/mol. The first-order valence-corrected chi connectivity index (χ1v) is 10.6. The second-order valence-electron chi connectivity index (χ2n) is 7.39. The van der Waals surface area contributed by atoms with Gasteiger partial charge in [0.1, 0.15) is 5.82 Å². The monoisotopic (exact) mass is 402 g/mol. The molecule has 0 radical (unpaired) electrons. The van der Waals surface area contributed by atoms with Crippen LogP contribution in [0.4, 0.5) is 10.1 Å². The predicted octanol–water partition coefficient (Wildman–Crippen LogP) is 6.08. The quantitative estimate of drug-likeness (QED) is 0.407. The van der Waals surface area contributed by atoms with E-state index >= 15 is 0 Å². The number of anilines is 1. The van der Waals surface area contributed by atoms with Gasteiger partial charge in [-0.15, -0.1) is 11.3 Å². The molecule has 1 amide bonds. The Kier molecular flexibility index (Phi) is 4.40. The van der Waals surface area contributed by atoms with Gasteiger partial charge in [0.15, 0.2) is 0 Å². The number of thiophene rings is 1. The minimum Gasteiger partial charge on any atom is -0.305 e. The molecule has 1 unspecified atom stereocenters. The third-order valence-corrected chi connectivity index (χ3v) is 6.40. The number of rotatable bonds is 2. The van der Waals surface area contributed by atoms with Crippen LogP contribution in [0, 0.1) is 5.82 Å². The molecule has 0 bridgehead atoms. The van der Waals surface area contributed by atoms with Crippen LogP contribution in [0.1, 0.15) is 29.3 Å². The van der Waals surface area contributed by atoms with E-state index < -0.39 is 0 Å². The number of para-hydroxylation sites is 1. The van der Waals surface area contributed by atoms with Crippen LogP contribution in [0.3, 0.4) is 0 Å². The van der Waals surface area contributed by atoms with Crippen LogP contribution in [0.25, 0.3) is 21.5 Å². The molecule has 0 saturated carbocycles. The van der Waals surface area contributed by atoms with E-state index in [9.17, 15) is 9.18 Å². The minimum atomic E-state index is -0.264. The topological polar surface area (TPSA) is 33.2 Å². The molecule has 4 aromatic rings. The first-order chi connectivity index (χ1) is 14.1. The number of aromatic nitrogens is 1. The summed E-state index contributed by atoms with van der Waals surface area (Å²) in [5.41, 5.74) is 3.90. The molecule has 29 heavy (non-hydrogen) atoms. The van der Waals surface area contributed by atoms with Crippen LogP contribution in [0.5, 0.6) is 0 Å². The Bertz CT molecular complexity index is 1220. The number of aryl methyl sites for hydroxylation is 1. The van der Waals surface area contributed by atoms with Crippen LogP contribution < -0.4 is 4.90 Å². The number of halogens is 1. The lowest BCUT2D eigenvalue weighted by molar-refractivity contribution is 0.0976. The molecule has 3 nitrogen and oxygen atoms in total. The van der Waals surface area contributed by atoms with Crippen molar-refractivity contribution in [2.24, 2.45) is 0 Å². The third kappa shape index (κ3) is 3.12. The average molecular weight is 402 g/mol. The van der Waals surface area contributed by atoms with Crippen LogP contribution >= 0.6 is 11.3 Å². The zero-order valence-electron chi connectivity index (χ0n) is 15.9. The summed E-state index contributed by atoms with van der Waals surface area (Å²) in [5.74, 6) is -0.332. The Morgan fingerprint density at radius 2 is 2.00 bits per heavy atom. The van der Waals surface area contributed by atoms with Crippen LogP contribution in [-0.2, 0) is 6.42 Å². The third-order valence-electron chi connectivity index (χ3n) is 5.51. The lowest BCUT2D eigenvalue weighted by Crippen LogP contribution is -2.42. The lowest BCUT2D eigenvalue weighted by Gasteiger charge is -2.35. The SMILES string of the molecule is CC1CCc2cc(F)ccc2N1C(=O)c1cc(-c2cccs2)nc2ccccc12. The summed E-state index contributed by atoms with van der Waals surface area (Å²) >= 11 is 1.60. The number of hydrogen-bond acceptors (Lipinski definition) is 3. The number of carbonyl (C=O) groups is 1. The molecular formula is C24H19FN2OS. The maximum absolute atomic E-state index is 13.8. The number of carbonyl (C=O) groups excluding carboxylic acids is 1. The normalized spacial score (nSPS) is 16.1. The van der Waals surface area contributed by atoms with Crippen molar-refractivity contribution in [2.75, 3.05) is 4.90 Å². The van der Waals surface area contributed by atoms with Gasteiger partial charge in [0.2, 0.25) is 0 Å². The van der Waals surface area contributed by atoms with E-state index in [1.54, 1.807) is 23.5 Å². The van der Waals surface area contributed by atoms with Gasteiger partial charge in [-0.25, -0.2) is 9.37 Å². The molecule has 5 rings (SSSR count). The molecule has 5 heteroatoms. The first kappa shape index (κ1) is 18.0. The van der Waals surface area contributed by atoms with Crippen LogP contribution in [0.2, 0.25) is 0 Å². The van der Waals surface area contributed by atoms with Gasteiger partial charge in [0.25, 0.3) is 5.91 Å². The molecule has 0 fully saturated rings. The fourth-order valence-corrected chi connectivity index (χ4v) is 4.75. The average Bonchev–Trinajstić information content (AvgIpc) is 3.27. The molecular weight excluding hydrogens is 383 g/mol. The number of pyridine rings is 1. The van der Waals surface area contributed by atoms with E-state index in [2.05, 4.69) is 0 Å². The summed E-state index contributed by atoms with van der Waals surface area (Å²) in [5, 5.41) is 2.84. The number of amides is 1. The zero-order chi connectivity index (χ0) is 20.0. The van der Waals surface area contributed by atoms with E-state index in [0.717, 1.165) is 45.6 Å². The van der Waals surface area contributed by atoms with Crippen molar-refractivity contribution in [3.63, 3.8) is 0 Å². The summed E-state index contributed by atoms with van der Waals surface area (Å²) in [7, 11) is 0. The summed E-state index contributed by atoms with van der Waals surface area (Å²) in [6, 6.07) is 18.4. The molecule has 2 aromatic heterocycles. The van der Waals surface area contributed by atoms with Gasteiger partial charge in [-0.05, 0) is 67.1 Å². The van der Waals surface area contributed by atoms with E-state index in [0.29, 0.717) is 5.56 Å². The minimum absolute atomic E-state index is 0.0394. The van der Waals surface area contributed by atoms with Crippen molar-refractivity contribution in [1.82, 2.24) is 4.98 Å². The number of benzene rings is 2. The Balaban J connectivity index is 1.69. The Labute approximate surface area is 172 Å². The molecule has 0 aliphatic carbocycles. The maximum Gasteiger partial charge on any atom is 0.259 e. The van der Waals surface area contributed by atoms with Gasteiger partial charge in [-0.2, -0.15) is 0 Å². The maximum atomic E-state index is 13.8. The van der Waals surface area contributed by atoms with Gasteiger partial charge in [0.05, 0.1) is 21.7 Å². The van der Waals surface area contributed by atoms with Crippen molar-refractivity contribution in [3.8, 4) is 10.6 Å². The lowest BCUT2D eigenvalue weighted by atomic mass is 9.95. The highest BCUT2D eigenvalue weighted by molar-refractivity contribution is 7.13. The van der Waals surface area contributed by atoms with Gasteiger partial charge < -0.3 is 4.90 Å². The Morgan fingerprint density at radius 1 is 1.14 bits per heavy atom. The second-order valence-corrected chi connectivity index (χ2v) is 8.33. The van der Waals surface area contributed by atoms with Crippen molar-refractivity contribution in [1.29, 1.82) is 0 Å². The summed E-state index contributed by atoms with van der Waals surface area (Å²) in [6.07, 6.45) is 1.58. The highest BCUT2D eigenvalue weighted by atomic mass is 32.1. The largest absolute Gasteiger partial charge is 0.305 e. The number of nitrogens with zero attached hydrogens (tertiary/aromatic N) is 2. The smallest absolute Gasteiger partial charge is 0.259 e. The summed E-state index contributed by atoms with van der Waals surface area (Å²) in [6.45, 7) is 2.05. The van der Waals surface area contributed by atoms with Crippen molar-refractivity contribution >= 4 is 33.8 Å². The fraction of sp³-hybridized carbons (Fsp3) is 0.167. The molecule has 0 saturated heterocycles. The summed E-state index contributed by atoms with van der Waals surface area (Å²) < 4.78 is 13.8. The van der Waals surface area contributed by atoms with E-state index in [1.165, 1.54) is 6.07 Å². The van der Waals surface area contributed by atoms with Crippen molar-refractivity contribution in [3.05, 3.63) is 83.0 Å². The Hall–Kier alpha value is -3.05. The molecule has 1 aliphatic heterocycles. The standard InChI is InChI=1S/C24H19FN2OS/c1-15-8-9-16-13-17(25)10-11-22(16)27(15)24(28)19-14-21(23-7-4-12-29-23)26-20-6-3-2-5-18(19)20/h2-7,10-15H,8-9H2,1H3. The zero-order valence-corrected chi connectivity index (χ0v) is 16.7. The molecule has 2 aromatic carbocycles. The van der Waals surface area contributed by atoms with Gasteiger partial charge in [-0.1, -0.05) is 24.3 Å². The van der Waals surface area contributed by atoms with Gasteiger partial charge >= 0.3 is 0 Å². The van der Waals surface area contributed by atoms with E-state index in [1.807, 2.05) is 59.7 Å². The van der Waals surface area contributed by atoms with Crippen LogP contribution in [0.15, 0.2) is 66.0 Å².